The van der Waals surface area contributed by atoms with Gasteiger partial charge >= 0.3 is 0 Å². The van der Waals surface area contributed by atoms with E-state index >= 15 is 0 Å². The van der Waals surface area contributed by atoms with Gasteiger partial charge in [0, 0.05) is 6.54 Å². The van der Waals surface area contributed by atoms with E-state index in [2.05, 4.69) is 25.2 Å². The third-order valence-electron chi connectivity index (χ3n) is 3.17. The molecule has 3 atom stereocenters. The number of hydrogen-bond donors (Lipinski definition) is 2. The summed E-state index contributed by atoms with van der Waals surface area (Å²) in [6.45, 7) is 8.32. The minimum Gasteiger partial charge on any atom is -0.392 e. The quantitative estimate of drug-likeness (QED) is 0.684. The molecule has 0 aromatic heterocycles. The number of rotatable bonds is 5. The van der Waals surface area contributed by atoms with Crippen molar-refractivity contribution >= 4 is 0 Å². The molecule has 0 aromatic rings. The van der Waals surface area contributed by atoms with Crippen LogP contribution in [0, 0.1) is 11.8 Å². The molecule has 0 aliphatic heterocycles. The highest BCUT2D eigenvalue weighted by atomic mass is 16.3. The summed E-state index contributed by atoms with van der Waals surface area (Å²) >= 11 is 0. The molecule has 1 rings (SSSR count). The first-order valence-corrected chi connectivity index (χ1v) is 6.17. The van der Waals surface area contributed by atoms with E-state index in [0.717, 1.165) is 31.3 Å². The number of nitrogens with one attached hydrogen (secondary N) is 1. The maximum atomic E-state index is 9.42. The Morgan fingerprint density at radius 3 is 2.93 bits per heavy atom. The first-order chi connectivity index (χ1) is 7.11. The zero-order chi connectivity index (χ0) is 11.3. The van der Waals surface area contributed by atoms with Crippen molar-refractivity contribution in [3.63, 3.8) is 0 Å². The highest BCUT2D eigenvalue weighted by Crippen LogP contribution is 2.27. The van der Waals surface area contributed by atoms with Gasteiger partial charge in [0.25, 0.3) is 0 Å². The van der Waals surface area contributed by atoms with Crippen LogP contribution in [-0.4, -0.2) is 24.3 Å². The Morgan fingerprint density at radius 1 is 1.60 bits per heavy atom. The third kappa shape index (κ3) is 4.80. The molecular weight excluding hydrogens is 186 g/mol. The lowest BCUT2D eigenvalue weighted by atomic mass is 9.84. The summed E-state index contributed by atoms with van der Waals surface area (Å²) in [7, 11) is 0. The highest BCUT2D eigenvalue weighted by molar-refractivity contribution is 5.06. The lowest BCUT2D eigenvalue weighted by molar-refractivity contribution is 0.164. The van der Waals surface area contributed by atoms with Crippen molar-refractivity contribution in [1.29, 1.82) is 0 Å². The van der Waals surface area contributed by atoms with E-state index in [1.807, 2.05) is 6.92 Å². The summed E-state index contributed by atoms with van der Waals surface area (Å²) in [6.07, 6.45) is 5.55. The van der Waals surface area contributed by atoms with E-state index in [0.29, 0.717) is 0 Å². The van der Waals surface area contributed by atoms with E-state index in [1.165, 1.54) is 18.4 Å². The zero-order valence-corrected chi connectivity index (χ0v) is 10.3. The van der Waals surface area contributed by atoms with Crippen molar-refractivity contribution in [3.05, 3.63) is 11.6 Å². The van der Waals surface area contributed by atoms with Crippen LogP contribution in [0.25, 0.3) is 0 Å². The number of aliphatic hydroxyl groups is 1. The van der Waals surface area contributed by atoms with Gasteiger partial charge in [0.2, 0.25) is 0 Å². The largest absolute Gasteiger partial charge is 0.392 e. The van der Waals surface area contributed by atoms with E-state index < -0.39 is 0 Å². The molecule has 15 heavy (non-hydrogen) atoms. The molecule has 0 amide bonds. The SMILES string of the molecule is CCC(O)CNCC1CC(C)=CC(C)C1. The Bertz CT molecular complexity index is 213. The topological polar surface area (TPSA) is 32.3 Å². The molecule has 1 aliphatic carbocycles. The van der Waals surface area contributed by atoms with Gasteiger partial charge in [-0.1, -0.05) is 25.5 Å². The van der Waals surface area contributed by atoms with Gasteiger partial charge in [-0.2, -0.15) is 0 Å². The lowest BCUT2D eigenvalue weighted by Gasteiger charge is -2.26. The van der Waals surface area contributed by atoms with Gasteiger partial charge in [0.15, 0.2) is 0 Å². The Balaban J connectivity index is 2.20. The number of aliphatic hydroxyl groups excluding tert-OH is 1. The number of hydrogen-bond acceptors (Lipinski definition) is 2. The molecule has 3 unspecified atom stereocenters. The van der Waals surface area contributed by atoms with Gasteiger partial charge in [0.05, 0.1) is 6.10 Å². The van der Waals surface area contributed by atoms with Crippen LogP contribution in [0.5, 0.6) is 0 Å². The van der Waals surface area contributed by atoms with Crippen LogP contribution >= 0.6 is 0 Å². The minimum atomic E-state index is -0.178. The first-order valence-electron chi connectivity index (χ1n) is 6.17. The molecule has 0 spiro atoms. The van der Waals surface area contributed by atoms with Crippen molar-refractivity contribution < 1.29 is 5.11 Å². The third-order valence-corrected chi connectivity index (χ3v) is 3.17. The van der Waals surface area contributed by atoms with Gasteiger partial charge in [-0.15, -0.1) is 0 Å². The van der Waals surface area contributed by atoms with Gasteiger partial charge in [0.1, 0.15) is 0 Å². The molecule has 0 radical (unpaired) electrons. The van der Waals surface area contributed by atoms with E-state index in [1.54, 1.807) is 0 Å². The molecule has 1 aliphatic rings. The smallest absolute Gasteiger partial charge is 0.0662 e. The van der Waals surface area contributed by atoms with Crippen molar-refractivity contribution in [2.24, 2.45) is 11.8 Å². The highest BCUT2D eigenvalue weighted by Gasteiger charge is 2.17. The maximum Gasteiger partial charge on any atom is 0.0662 e. The predicted molar refractivity (Wildman–Crippen MR) is 64.8 cm³/mol. The molecule has 0 fully saturated rings. The summed E-state index contributed by atoms with van der Waals surface area (Å²) in [5, 5.41) is 12.8. The summed E-state index contributed by atoms with van der Waals surface area (Å²) in [4.78, 5) is 0. The summed E-state index contributed by atoms with van der Waals surface area (Å²) in [5.41, 5.74) is 1.52. The molecule has 2 heteroatoms. The Hall–Kier alpha value is -0.340. The molecule has 88 valence electrons. The van der Waals surface area contributed by atoms with Crippen molar-refractivity contribution in [1.82, 2.24) is 5.32 Å². The average Bonchev–Trinajstić information content (AvgIpc) is 2.16. The average molecular weight is 211 g/mol. The molecule has 2 N–H and O–H groups in total. The fraction of sp³-hybridized carbons (Fsp3) is 0.846. The molecule has 0 saturated heterocycles. The van der Waals surface area contributed by atoms with Crippen molar-refractivity contribution in [2.75, 3.05) is 13.1 Å². The van der Waals surface area contributed by atoms with E-state index in [9.17, 15) is 5.11 Å². The summed E-state index contributed by atoms with van der Waals surface area (Å²) < 4.78 is 0. The van der Waals surface area contributed by atoms with Crippen LogP contribution in [0.2, 0.25) is 0 Å². The minimum absolute atomic E-state index is 0.178. The maximum absolute atomic E-state index is 9.42. The van der Waals surface area contributed by atoms with Gasteiger partial charge in [-0.25, -0.2) is 0 Å². The van der Waals surface area contributed by atoms with Gasteiger partial charge in [-0.05, 0) is 44.6 Å². The van der Waals surface area contributed by atoms with Gasteiger partial charge in [-0.3, -0.25) is 0 Å². The molecule has 0 bridgehead atoms. The van der Waals surface area contributed by atoms with Crippen LogP contribution in [0.15, 0.2) is 11.6 Å². The Labute approximate surface area is 93.8 Å². The van der Waals surface area contributed by atoms with Crippen molar-refractivity contribution in [3.8, 4) is 0 Å². The fourth-order valence-electron chi connectivity index (χ4n) is 2.44. The van der Waals surface area contributed by atoms with E-state index in [-0.39, 0.29) is 6.10 Å². The molecule has 0 heterocycles. The zero-order valence-electron chi connectivity index (χ0n) is 10.3. The van der Waals surface area contributed by atoms with E-state index in [4.69, 9.17) is 0 Å². The summed E-state index contributed by atoms with van der Waals surface area (Å²) in [5.74, 6) is 1.48. The predicted octanol–water partition coefficient (Wildman–Crippen LogP) is 2.34. The second kappa shape index (κ2) is 6.29. The second-order valence-corrected chi connectivity index (χ2v) is 5.02. The fourth-order valence-corrected chi connectivity index (χ4v) is 2.44. The monoisotopic (exact) mass is 211 g/mol. The van der Waals surface area contributed by atoms with Gasteiger partial charge < -0.3 is 10.4 Å². The van der Waals surface area contributed by atoms with Crippen LogP contribution in [-0.2, 0) is 0 Å². The summed E-state index contributed by atoms with van der Waals surface area (Å²) in [6, 6.07) is 0. The van der Waals surface area contributed by atoms with Crippen LogP contribution in [0.1, 0.15) is 40.0 Å². The molecule has 0 saturated carbocycles. The Morgan fingerprint density at radius 2 is 2.33 bits per heavy atom. The molecule has 0 aromatic carbocycles. The Kier molecular flexibility index (Phi) is 5.34. The second-order valence-electron chi connectivity index (χ2n) is 5.02. The van der Waals surface area contributed by atoms with Crippen molar-refractivity contribution in [2.45, 2.75) is 46.1 Å². The first kappa shape index (κ1) is 12.7. The van der Waals surface area contributed by atoms with Crippen LogP contribution in [0.3, 0.4) is 0 Å². The molecule has 2 nitrogen and oxygen atoms in total. The normalized spacial score (nSPS) is 28.7. The number of allylic oxidation sites excluding steroid dienone is 2. The standard InChI is InChI=1S/C13H25NO/c1-4-13(15)9-14-8-12-6-10(2)5-11(3)7-12/h5,10,12-15H,4,6-9H2,1-3H3. The van der Waals surface area contributed by atoms with Crippen LogP contribution in [0.4, 0.5) is 0 Å². The van der Waals surface area contributed by atoms with Crippen LogP contribution < -0.4 is 5.32 Å². The molecular formula is C13H25NO. The lowest BCUT2D eigenvalue weighted by Crippen LogP contribution is -2.32.